The van der Waals surface area contributed by atoms with E-state index in [-0.39, 0.29) is 35.7 Å². The molecule has 0 aromatic heterocycles. The number of rotatable bonds is 7. The maximum absolute atomic E-state index is 14.7. The molecule has 1 unspecified atom stereocenters. The fraction of sp³-hybridized carbons (Fsp3) is 0.151. The van der Waals surface area contributed by atoms with E-state index in [1.54, 1.807) is 23.5 Å². The van der Waals surface area contributed by atoms with Crippen molar-refractivity contribution >= 4 is 98.4 Å². The average Bonchev–Trinajstić information content (AvgIpc) is 3.62. The Balaban J connectivity index is 0.976. The molecule has 10 rings (SSSR count). The van der Waals surface area contributed by atoms with Crippen molar-refractivity contribution in [3.63, 3.8) is 0 Å². The van der Waals surface area contributed by atoms with E-state index in [2.05, 4.69) is 111 Å². The van der Waals surface area contributed by atoms with E-state index >= 15 is 0 Å². The zero-order valence-electron chi connectivity index (χ0n) is 35.2. The highest BCUT2D eigenvalue weighted by atomic mass is 35.5. The molecule has 0 saturated heterocycles. The van der Waals surface area contributed by atoms with Crippen LogP contribution in [0.3, 0.4) is 0 Å². The van der Waals surface area contributed by atoms with E-state index in [1.165, 1.54) is 5.56 Å². The number of hydrogen-bond donors (Lipinski definition) is 1. The van der Waals surface area contributed by atoms with Crippen LogP contribution < -0.4 is 14.7 Å². The van der Waals surface area contributed by atoms with Crippen LogP contribution in [0.15, 0.2) is 189 Å². The first kappa shape index (κ1) is 41.4. The molecule has 0 bridgehead atoms. The van der Waals surface area contributed by atoms with E-state index < -0.39 is 0 Å². The number of carbonyl (C=O) groups is 2. The molecule has 6 nitrogen and oxygen atoms in total. The van der Waals surface area contributed by atoms with E-state index in [0.717, 1.165) is 75.6 Å². The predicted molar refractivity (Wildman–Crippen MR) is 259 cm³/mol. The van der Waals surface area contributed by atoms with Gasteiger partial charge in [-0.3, -0.25) is 24.3 Å². The number of hydrogen-bond acceptors (Lipinski definition) is 4. The van der Waals surface area contributed by atoms with Crippen molar-refractivity contribution in [3.8, 4) is 0 Å². The third-order valence-electron chi connectivity index (χ3n) is 12.6. The minimum Gasteiger partial charge on any atom is -0.274 e. The van der Waals surface area contributed by atoms with E-state index in [1.807, 2.05) is 94.7 Å². The Morgan fingerprint density at radius 1 is 0.603 bits per heavy atom. The van der Waals surface area contributed by atoms with Crippen LogP contribution in [0.1, 0.15) is 38.8 Å². The van der Waals surface area contributed by atoms with Crippen LogP contribution in [0.25, 0.3) is 0 Å². The second-order valence-electron chi connectivity index (χ2n) is 17.1. The Morgan fingerprint density at radius 2 is 1.14 bits per heavy atom. The molecule has 0 spiro atoms. The Morgan fingerprint density at radius 3 is 1.79 bits per heavy atom. The standard InChI is InChI=1S/C53H43Cl2N4O2S2/c1-52(2)36-16-8-10-18-38(36)56(32-50(60)58-40-20-12-14-22-44(40)62-46-28-26-34(54)30-42(46)58)48(52)24-6-5-7-25-49-53(3,4)37-17-9-11-19-39(37)57(49)33-51(61)59-41-21-13-15-23-45(41)63-47-29-27-35(55)31-43(47)59/h5-31H,32-33H2,1-4H3/q+1/p+1. The zero-order valence-corrected chi connectivity index (χ0v) is 38.4. The van der Waals surface area contributed by atoms with Gasteiger partial charge in [-0.1, -0.05) is 126 Å². The summed E-state index contributed by atoms with van der Waals surface area (Å²) in [5.74, 6) is -0.0695. The van der Waals surface area contributed by atoms with Crippen molar-refractivity contribution in [2.24, 2.45) is 0 Å². The summed E-state index contributed by atoms with van der Waals surface area (Å²) in [7, 11) is 0. The first-order valence-corrected chi connectivity index (χ1v) is 23.4. The van der Waals surface area contributed by atoms with Crippen molar-refractivity contribution in [1.82, 2.24) is 0 Å². The van der Waals surface area contributed by atoms with Crippen LogP contribution in [-0.4, -0.2) is 35.2 Å². The van der Waals surface area contributed by atoms with Gasteiger partial charge in [0.05, 0.1) is 33.6 Å². The second-order valence-corrected chi connectivity index (χ2v) is 20.1. The number of anilines is 4. The monoisotopic (exact) mass is 902 g/mol. The number of halogens is 2. The SMILES string of the molecule is CC1(C)C(/C=C/C=C/C=C2\[NH+](CC(=O)N3c4ccccc4Sc4ccc(Cl)cc43)c3ccccc3C2(C)C)=[N+](CC(=O)N2c3ccccc3Sc3ccc(Cl)cc32)c2ccccc21. The number of nitrogens with one attached hydrogen (secondary N) is 1. The number of benzene rings is 6. The van der Waals surface area contributed by atoms with Crippen molar-refractivity contribution in [2.45, 2.75) is 58.1 Å². The maximum atomic E-state index is 14.7. The molecule has 4 aliphatic rings. The number of para-hydroxylation sites is 4. The Labute approximate surface area is 386 Å². The molecule has 6 aromatic rings. The molecule has 312 valence electrons. The van der Waals surface area contributed by atoms with Crippen LogP contribution >= 0.6 is 46.7 Å². The summed E-state index contributed by atoms with van der Waals surface area (Å²) in [5.41, 5.74) is 9.19. The van der Waals surface area contributed by atoms with Gasteiger partial charge in [-0.15, -0.1) is 0 Å². The molecular weight excluding hydrogens is 860 g/mol. The Kier molecular flexibility index (Phi) is 10.6. The molecule has 6 aromatic carbocycles. The molecule has 0 saturated carbocycles. The number of nitrogens with zero attached hydrogens (tertiary/aromatic N) is 3. The molecule has 0 fully saturated rings. The molecule has 63 heavy (non-hydrogen) atoms. The lowest BCUT2D eigenvalue weighted by Gasteiger charge is -2.32. The summed E-state index contributed by atoms with van der Waals surface area (Å²) < 4.78 is 2.16. The van der Waals surface area contributed by atoms with Gasteiger partial charge in [-0.05, 0) is 101 Å². The lowest BCUT2D eigenvalue weighted by molar-refractivity contribution is -0.779. The topological polar surface area (TPSA) is 48.1 Å². The van der Waals surface area contributed by atoms with Crippen LogP contribution in [-0.2, 0) is 20.4 Å². The summed E-state index contributed by atoms with van der Waals surface area (Å²) in [6, 6.07) is 44.4. The fourth-order valence-corrected chi connectivity index (χ4v) is 12.0. The summed E-state index contributed by atoms with van der Waals surface area (Å²) >= 11 is 16.4. The minimum atomic E-state index is -0.374. The maximum Gasteiger partial charge on any atom is 0.297 e. The number of allylic oxidation sites excluding steroid dienone is 6. The summed E-state index contributed by atoms with van der Waals surface area (Å²) in [5, 5.41) is 1.17. The summed E-state index contributed by atoms with van der Waals surface area (Å²) in [6.07, 6.45) is 10.5. The number of carbonyl (C=O) groups excluding carboxylic acids is 2. The van der Waals surface area contributed by atoms with E-state index in [9.17, 15) is 9.59 Å². The normalized spacial score (nSPS) is 18.3. The number of quaternary nitrogens is 1. The van der Waals surface area contributed by atoms with Crippen LogP contribution in [0, 0.1) is 0 Å². The number of fused-ring (bicyclic) bond motifs is 6. The van der Waals surface area contributed by atoms with E-state index in [4.69, 9.17) is 23.2 Å². The highest BCUT2D eigenvalue weighted by Crippen LogP contribution is 2.51. The third-order valence-corrected chi connectivity index (χ3v) is 15.3. The highest BCUT2D eigenvalue weighted by Gasteiger charge is 2.48. The summed E-state index contributed by atoms with van der Waals surface area (Å²) in [4.78, 5) is 38.2. The quantitative estimate of drug-likeness (QED) is 0.128. The van der Waals surface area contributed by atoms with Gasteiger partial charge in [0.1, 0.15) is 11.4 Å². The van der Waals surface area contributed by atoms with Crippen molar-refractivity contribution in [3.05, 3.63) is 191 Å². The molecule has 2 amide bonds. The lowest BCUT2D eigenvalue weighted by Crippen LogP contribution is -3.06. The first-order chi connectivity index (χ1) is 30.4. The largest absolute Gasteiger partial charge is 0.297 e. The first-order valence-electron chi connectivity index (χ1n) is 21.0. The molecule has 0 radical (unpaired) electrons. The Bertz CT molecular complexity index is 3020. The van der Waals surface area contributed by atoms with Crippen molar-refractivity contribution in [2.75, 3.05) is 22.9 Å². The second kappa shape index (κ2) is 16.2. The van der Waals surface area contributed by atoms with Gasteiger partial charge in [0.2, 0.25) is 12.2 Å². The zero-order chi connectivity index (χ0) is 43.6. The predicted octanol–water partition coefficient (Wildman–Crippen LogP) is 12.5. The third kappa shape index (κ3) is 7.18. The molecule has 1 N–H and O–H groups in total. The van der Waals surface area contributed by atoms with Crippen LogP contribution in [0.2, 0.25) is 10.0 Å². The van der Waals surface area contributed by atoms with Gasteiger partial charge < -0.3 is 0 Å². The molecular formula is C53H44Cl2N4O2S2+2. The minimum absolute atomic E-state index is 0.0176. The van der Waals surface area contributed by atoms with Gasteiger partial charge in [0.25, 0.3) is 11.8 Å². The van der Waals surface area contributed by atoms with Crippen molar-refractivity contribution in [1.29, 1.82) is 0 Å². The molecule has 1 atom stereocenters. The van der Waals surface area contributed by atoms with Gasteiger partial charge in [0.15, 0.2) is 12.3 Å². The molecule has 0 aliphatic carbocycles. The van der Waals surface area contributed by atoms with Gasteiger partial charge >= 0.3 is 0 Å². The molecule has 4 heterocycles. The van der Waals surface area contributed by atoms with Gasteiger partial charge in [-0.25, -0.2) is 0 Å². The molecule has 10 heteroatoms. The van der Waals surface area contributed by atoms with E-state index in [0.29, 0.717) is 10.0 Å². The fourth-order valence-electron chi connectivity index (χ4n) is 9.56. The smallest absolute Gasteiger partial charge is 0.274 e. The highest BCUT2D eigenvalue weighted by molar-refractivity contribution is 8.00. The van der Waals surface area contributed by atoms with Gasteiger partial charge in [0, 0.05) is 52.9 Å². The van der Waals surface area contributed by atoms with Crippen LogP contribution in [0.5, 0.6) is 0 Å². The molecule has 4 aliphatic heterocycles. The van der Waals surface area contributed by atoms with Crippen molar-refractivity contribution < 1.29 is 19.1 Å². The number of amides is 2. The Hall–Kier alpha value is -5.61. The van der Waals surface area contributed by atoms with Gasteiger partial charge in [-0.2, -0.15) is 4.58 Å². The lowest BCUT2D eigenvalue weighted by atomic mass is 9.81. The van der Waals surface area contributed by atoms with Crippen LogP contribution in [0.4, 0.5) is 34.1 Å². The summed E-state index contributed by atoms with van der Waals surface area (Å²) in [6.45, 7) is 9.24. The average molecular weight is 904 g/mol.